The van der Waals surface area contributed by atoms with Gasteiger partial charge in [0.25, 0.3) is 0 Å². The van der Waals surface area contributed by atoms with Crippen LogP contribution in [0.4, 0.5) is 0 Å². The molecule has 1 fully saturated rings. The molecule has 1 heterocycles. The molecule has 0 spiro atoms. The first-order valence-corrected chi connectivity index (χ1v) is 12.0. The van der Waals surface area contributed by atoms with Crippen LogP contribution in [0.2, 0.25) is 0 Å². The minimum absolute atomic E-state index is 0.168. The van der Waals surface area contributed by atoms with Gasteiger partial charge in [0.15, 0.2) is 0 Å². The Morgan fingerprint density at radius 3 is 2.48 bits per heavy atom. The van der Waals surface area contributed by atoms with E-state index in [0.29, 0.717) is 4.90 Å². The summed E-state index contributed by atoms with van der Waals surface area (Å²) in [6.07, 6.45) is 1.92. The highest BCUT2D eigenvalue weighted by Gasteiger charge is 2.37. The molecular formula is C24H33N3O3S. The number of aromatic hydroxyl groups is 1. The number of piperazine rings is 1. The topological polar surface area (TPSA) is 64.1 Å². The molecule has 1 N–H and O–H groups in total. The first-order chi connectivity index (χ1) is 14.7. The molecule has 6 nitrogen and oxygen atoms in total. The van der Waals surface area contributed by atoms with Gasteiger partial charge < -0.3 is 5.11 Å². The van der Waals surface area contributed by atoms with Crippen molar-refractivity contribution >= 4 is 10.0 Å². The quantitative estimate of drug-likeness (QED) is 0.665. The number of hydrogen-bond acceptors (Lipinski definition) is 5. The van der Waals surface area contributed by atoms with E-state index in [1.54, 1.807) is 38.4 Å². The number of sulfonamides is 1. The molecule has 2 aromatic rings. The van der Waals surface area contributed by atoms with Crippen molar-refractivity contribution in [2.45, 2.75) is 36.9 Å². The summed E-state index contributed by atoms with van der Waals surface area (Å²) >= 11 is 0. The Morgan fingerprint density at radius 2 is 1.84 bits per heavy atom. The van der Waals surface area contributed by atoms with Crippen LogP contribution in [0, 0.1) is 0 Å². The Bertz CT molecular complexity index is 1020. The summed E-state index contributed by atoms with van der Waals surface area (Å²) in [5.41, 5.74) is 1.59. The van der Waals surface area contributed by atoms with Gasteiger partial charge >= 0.3 is 0 Å². The number of nitrogens with zero attached hydrogens (tertiary/aromatic N) is 3. The minimum atomic E-state index is -3.64. The maximum absolute atomic E-state index is 13.2. The molecule has 0 bridgehead atoms. The van der Waals surface area contributed by atoms with Crippen molar-refractivity contribution in [2.24, 2.45) is 0 Å². The van der Waals surface area contributed by atoms with Gasteiger partial charge in [-0.25, -0.2) is 12.7 Å². The molecule has 31 heavy (non-hydrogen) atoms. The number of benzene rings is 2. The van der Waals surface area contributed by atoms with Crippen molar-refractivity contribution in [3.05, 3.63) is 72.3 Å². The summed E-state index contributed by atoms with van der Waals surface area (Å²) in [5, 5.41) is 10.2. The molecule has 1 aliphatic heterocycles. The van der Waals surface area contributed by atoms with E-state index >= 15 is 0 Å². The van der Waals surface area contributed by atoms with Gasteiger partial charge in [0, 0.05) is 45.8 Å². The van der Waals surface area contributed by atoms with Crippen LogP contribution in [0.25, 0.3) is 0 Å². The van der Waals surface area contributed by atoms with Crippen molar-refractivity contribution in [1.82, 2.24) is 14.1 Å². The number of rotatable bonds is 7. The van der Waals surface area contributed by atoms with Crippen LogP contribution in [0.15, 0.2) is 66.1 Å². The fourth-order valence-electron chi connectivity index (χ4n) is 4.39. The summed E-state index contributed by atoms with van der Waals surface area (Å²) in [6, 6.07) is 14.5. The van der Waals surface area contributed by atoms with E-state index in [4.69, 9.17) is 0 Å². The van der Waals surface area contributed by atoms with Crippen molar-refractivity contribution < 1.29 is 13.5 Å². The second-order valence-electron chi connectivity index (χ2n) is 8.46. The molecule has 0 aliphatic carbocycles. The van der Waals surface area contributed by atoms with E-state index in [9.17, 15) is 13.5 Å². The van der Waals surface area contributed by atoms with Gasteiger partial charge in [0.2, 0.25) is 10.0 Å². The molecule has 0 unspecified atom stereocenters. The molecule has 0 radical (unpaired) electrons. The molecule has 2 aromatic carbocycles. The zero-order valence-electron chi connectivity index (χ0n) is 18.8. The van der Waals surface area contributed by atoms with Gasteiger partial charge in [-0.3, -0.25) is 9.80 Å². The van der Waals surface area contributed by atoms with E-state index in [0.717, 1.165) is 30.8 Å². The minimum Gasteiger partial charge on any atom is -0.508 e. The summed E-state index contributed by atoms with van der Waals surface area (Å²) in [7, 11) is -0.540. The van der Waals surface area contributed by atoms with Crippen LogP contribution >= 0.6 is 0 Å². The van der Waals surface area contributed by atoms with Crippen molar-refractivity contribution in [2.75, 3.05) is 33.7 Å². The van der Waals surface area contributed by atoms with E-state index < -0.39 is 10.0 Å². The summed E-state index contributed by atoms with van der Waals surface area (Å²) < 4.78 is 27.6. The van der Waals surface area contributed by atoms with Gasteiger partial charge in [0.1, 0.15) is 5.75 Å². The van der Waals surface area contributed by atoms with Crippen LogP contribution < -0.4 is 0 Å². The largest absolute Gasteiger partial charge is 0.508 e. The molecule has 0 saturated carbocycles. The first kappa shape index (κ1) is 23.5. The fourth-order valence-corrected chi connectivity index (χ4v) is 5.51. The predicted octanol–water partition coefficient (Wildman–Crippen LogP) is 3.31. The maximum Gasteiger partial charge on any atom is 0.242 e. The first-order valence-electron chi connectivity index (χ1n) is 10.6. The highest BCUT2D eigenvalue weighted by Crippen LogP contribution is 2.37. The molecule has 168 valence electrons. The van der Waals surface area contributed by atoms with Gasteiger partial charge in [-0.05, 0) is 43.2 Å². The summed E-state index contributed by atoms with van der Waals surface area (Å²) in [4.78, 5) is 5.03. The molecular weight excluding hydrogens is 410 g/mol. The van der Waals surface area contributed by atoms with Crippen molar-refractivity contribution in [1.29, 1.82) is 0 Å². The lowest BCUT2D eigenvalue weighted by atomic mass is 9.93. The number of phenols is 1. The predicted molar refractivity (Wildman–Crippen MR) is 125 cm³/mol. The third kappa shape index (κ3) is 4.85. The van der Waals surface area contributed by atoms with E-state index in [2.05, 4.69) is 30.2 Å². The molecule has 0 aromatic heterocycles. The Morgan fingerprint density at radius 1 is 1.13 bits per heavy atom. The highest BCUT2D eigenvalue weighted by atomic mass is 32.2. The Balaban J connectivity index is 2.16. The zero-order valence-corrected chi connectivity index (χ0v) is 19.6. The van der Waals surface area contributed by atoms with Crippen molar-refractivity contribution in [3.8, 4) is 5.75 Å². The van der Waals surface area contributed by atoms with Gasteiger partial charge in [-0.2, -0.15) is 0 Å². The highest BCUT2D eigenvalue weighted by molar-refractivity contribution is 7.89. The van der Waals surface area contributed by atoms with Crippen LogP contribution in [0.5, 0.6) is 5.75 Å². The van der Waals surface area contributed by atoms with E-state index in [1.165, 1.54) is 4.31 Å². The summed E-state index contributed by atoms with van der Waals surface area (Å²) in [5.74, 6) is 0.168. The molecule has 3 atom stereocenters. The smallest absolute Gasteiger partial charge is 0.242 e. The van der Waals surface area contributed by atoms with Crippen LogP contribution in [0.1, 0.15) is 31.0 Å². The Labute approximate surface area is 186 Å². The second-order valence-corrected chi connectivity index (χ2v) is 10.6. The molecule has 1 saturated heterocycles. The number of phenolic OH excluding ortho intramolecular Hbond substituents is 1. The van der Waals surface area contributed by atoms with Gasteiger partial charge in [-0.15, -0.1) is 6.58 Å². The lowest BCUT2D eigenvalue weighted by Crippen LogP contribution is -2.57. The average Bonchev–Trinajstić information content (AvgIpc) is 2.72. The van der Waals surface area contributed by atoms with Gasteiger partial charge in [0.05, 0.1) is 10.9 Å². The third-order valence-corrected chi connectivity index (χ3v) is 7.91. The van der Waals surface area contributed by atoms with E-state index in [-0.39, 0.29) is 23.9 Å². The Kier molecular flexibility index (Phi) is 7.21. The average molecular weight is 444 g/mol. The molecule has 3 rings (SSSR count). The normalized spacial score (nSPS) is 21.8. The summed E-state index contributed by atoms with van der Waals surface area (Å²) in [6.45, 7) is 10.7. The molecule has 7 heteroatoms. The fraction of sp³-hybridized carbons (Fsp3) is 0.417. The lowest BCUT2D eigenvalue weighted by molar-refractivity contribution is 0.0299. The maximum atomic E-state index is 13.2. The second kappa shape index (κ2) is 9.53. The van der Waals surface area contributed by atoms with Crippen LogP contribution in [-0.4, -0.2) is 73.4 Å². The molecule has 1 aliphatic rings. The van der Waals surface area contributed by atoms with Gasteiger partial charge in [-0.1, -0.05) is 36.4 Å². The van der Waals surface area contributed by atoms with Crippen molar-refractivity contribution in [3.63, 3.8) is 0 Å². The zero-order chi connectivity index (χ0) is 22.8. The van der Waals surface area contributed by atoms with E-state index in [1.807, 2.05) is 30.3 Å². The SMILES string of the molecule is C=CCN1C[C@H](C)N([C@H](c2cccc(O)c2)c2ccccc2S(=O)(=O)N(C)C)C[C@@H]1C. The van der Waals surface area contributed by atoms with Crippen LogP contribution in [-0.2, 0) is 10.0 Å². The standard InChI is InChI=1S/C24H33N3O3S/c1-6-14-26-16-19(3)27(17-18(26)2)24(20-10-9-11-21(28)15-20)22-12-7-8-13-23(22)31(29,30)25(4)5/h6-13,15,18-19,24,28H,1,14,16-17H2,2-5H3/t18-,19-,24+/m0/s1. The lowest BCUT2D eigenvalue weighted by Gasteiger charge is -2.47. The third-order valence-electron chi connectivity index (χ3n) is 6.02. The number of hydrogen-bond donors (Lipinski definition) is 1. The monoisotopic (exact) mass is 443 g/mol. The molecule has 0 amide bonds. The van der Waals surface area contributed by atoms with Crippen LogP contribution in [0.3, 0.4) is 0 Å². The Hall–Kier alpha value is -2.19.